The SMILES string of the molecule is O=CNC1CCCCc2ccc(F)cc21. The molecule has 1 N–H and O–H groups in total. The van der Waals surface area contributed by atoms with Gasteiger partial charge in [0.2, 0.25) is 6.41 Å². The zero-order valence-electron chi connectivity index (χ0n) is 8.50. The number of benzene rings is 1. The van der Waals surface area contributed by atoms with Gasteiger partial charge in [0.25, 0.3) is 0 Å². The van der Waals surface area contributed by atoms with E-state index in [-0.39, 0.29) is 11.9 Å². The van der Waals surface area contributed by atoms with Crippen LogP contribution >= 0.6 is 0 Å². The summed E-state index contributed by atoms with van der Waals surface area (Å²) in [7, 11) is 0. The second-order valence-corrected chi connectivity index (χ2v) is 3.93. The van der Waals surface area contributed by atoms with Crippen molar-refractivity contribution in [3.8, 4) is 0 Å². The Bertz CT molecular complexity index is 365. The molecule has 1 unspecified atom stereocenters. The fraction of sp³-hybridized carbons (Fsp3) is 0.417. The van der Waals surface area contributed by atoms with Gasteiger partial charge in [-0.05, 0) is 42.5 Å². The van der Waals surface area contributed by atoms with E-state index >= 15 is 0 Å². The Morgan fingerprint density at radius 1 is 1.40 bits per heavy atom. The van der Waals surface area contributed by atoms with E-state index < -0.39 is 0 Å². The summed E-state index contributed by atoms with van der Waals surface area (Å²) in [5, 5.41) is 2.76. The fourth-order valence-electron chi connectivity index (χ4n) is 2.19. The summed E-state index contributed by atoms with van der Waals surface area (Å²) in [6, 6.07) is 4.84. The molecule has 0 radical (unpaired) electrons. The number of halogens is 1. The molecule has 0 aliphatic heterocycles. The summed E-state index contributed by atoms with van der Waals surface area (Å²) in [4.78, 5) is 10.5. The van der Waals surface area contributed by atoms with Gasteiger partial charge in [0.1, 0.15) is 5.82 Å². The molecule has 80 valence electrons. The van der Waals surface area contributed by atoms with Gasteiger partial charge in [-0.2, -0.15) is 0 Å². The quantitative estimate of drug-likeness (QED) is 0.585. The molecule has 1 atom stereocenters. The Labute approximate surface area is 88.5 Å². The first kappa shape index (κ1) is 10.1. The van der Waals surface area contributed by atoms with Crippen molar-refractivity contribution in [1.29, 1.82) is 0 Å². The Kier molecular flexibility index (Phi) is 2.99. The summed E-state index contributed by atoms with van der Waals surface area (Å²) in [5.74, 6) is -0.228. The molecule has 2 rings (SSSR count). The van der Waals surface area contributed by atoms with Gasteiger partial charge in [0.05, 0.1) is 6.04 Å². The summed E-state index contributed by atoms with van der Waals surface area (Å²) in [6.45, 7) is 0. The van der Waals surface area contributed by atoms with Crippen LogP contribution in [-0.4, -0.2) is 6.41 Å². The maximum Gasteiger partial charge on any atom is 0.207 e. The molecule has 0 aromatic heterocycles. The van der Waals surface area contributed by atoms with E-state index in [1.807, 2.05) is 6.07 Å². The molecule has 1 aliphatic carbocycles. The second kappa shape index (κ2) is 4.43. The number of carbonyl (C=O) groups is 1. The van der Waals surface area contributed by atoms with Crippen molar-refractivity contribution in [3.63, 3.8) is 0 Å². The molecule has 15 heavy (non-hydrogen) atoms. The molecule has 1 aliphatic rings. The zero-order valence-corrected chi connectivity index (χ0v) is 8.50. The Morgan fingerprint density at radius 2 is 2.27 bits per heavy atom. The molecule has 0 spiro atoms. The monoisotopic (exact) mass is 207 g/mol. The van der Waals surface area contributed by atoms with Crippen molar-refractivity contribution in [2.45, 2.75) is 31.7 Å². The molecule has 1 aromatic rings. The first-order valence-corrected chi connectivity index (χ1v) is 5.29. The van der Waals surface area contributed by atoms with Crippen molar-refractivity contribution in [3.05, 3.63) is 35.1 Å². The number of hydrogen-bond acceptors (Lipinski definition) is 1. The predicted molar refractivity (Wildman–Crippen MR) is 55.9 cm³/mol. The zero-order chi connectivity index (χ0) is 10.7. The highest BCUT2D eigenvalue weighted by Crippen LogP contribution is 2.28. The number of hydrogen-bond donors (Lipinski definition) is 1. The van der Waals surface area contributed by atoms with E-state index in [9.17, 15) is 9.18 Å². The van der Waals surface area contributed by atoms with Crippen molar-refractivity contribution < 1.29 is 9.18 Å². The lowest BCUT2D eigenvalue weighted by atomic mass is 9.99. The Balaban J connectivity index is 2.37. The largest absolute Gasteiger partial charge is 0.352 e. The third kappa shape index (κ3) is 2.17. The fourth-order valence-corrected chi connectivity index (χ4v) is 2.19. The highest BCUT2D eigenvalue weighted by molar-refractivity contribution is 5.48. The van der Waals surface area contributed by atoms with Crippen LogP contribution in [0.15, 0.2) is 18.2 Å². The van der Waals surface area contributed by atoms with Crippen LogP contribution in [-0.2, 0) is 11.2 Å². The van der Waals surface area contributed by atoms with E-state index in [0.29, 0.717) is 6.41 Å². The molecule has 0 bridgehead atoms. The summed E-state index contributed by atoms with van der Waals surface area (Å²) >= 11 is 0. The molecular formula is C12H14FNO. The molecule has 0 saturated carbocycles. The van der Waals surface area contributed by atoms with Crippen molar-refractivity contribution in [2.24, 2.45) is 0 Å². The van der Waals surface area contributed by atoms with Crippen LogP contribution < -0.4 is 5.32 Å². The lowest BCUT2D eigenvalue weighted by Gasteiger charge is -2.16. The van der Waals surface area contributed by atoms with Gasteiger partial charge < -0.3 is 5.32 Å². The van der Waals surface area contributed by atoms with Crippen molar-refractivity contribution >= 4 is 6.41 Å². The van der Waals surface area contributed by atoms with E-state index in [2.05, 4.69) is 5.32 Å². The molecule has 1 aromatic carbocycles. The van der Waals surface area contributed by atoms with Crippen LogP contribution in [0, 0.1) is 5.82 Å². The van der Waals surface area contributed by atoms with Crippen LogP contribution in [0.1, 0.15) is 36.4 Å². The minimum atomic E-state index is -0.228. The maximum atomic E-state index is 13.1. The highest BCUT2D eigenvalue weighted by atomic mass is 19.1. The van der Waals surface area contributed by atoms with Crippen LogP contribution in [0.5, 0.6) is 0 Å². The minimum absolute atomic E-state index is 0.0179. The number of carbonyl (C=O) groups excluding carboxylic acids is 1. The first-order valence-electron chi connectivity index (χ1n) is 5.29. The van der Waals surface area contributed by atoms with E-state index in [0.717, 1.165) is 36.8 Å². The number of fused-ring (bicyclic) bond motifs is 1. The maximum absolute atomic E-state index is 13.1. The standard InChI is InChI=1S/C12H14FNO/c13-10-6-5-9-3-1-2-4-12(14-8-15)11(9)7-10/h5-8,12H,1-4H2,(H,14,15). The summed E-state index contributed by atoms with van der Waals surface area (Å²) in [5.41, 5.74) is 2.10. The van der Waals surface area contributed by atoms with Crippen LogP contribution in [0.25, 0.3) is 0 Å². The van der Waals surface area contributed by atoms with Gasteiger partial charge >= 0.3 is 0 Å². The van der Waals surface area contributed by atoms with E-state index in [4.69, 9.17) is 0 Å². The second-order valence-electron chi connectivity index (χ2n) is 3.93. The lowest BCUT2D eigenvalue weighted by Crippen LogP contribution is -2.19. The molecule has 0 heterocycles. The molecule has 2 nitrogen and oxygen atoms in total. The molecule has 0 fully saturated rings. The number of rotatable bonds is 2. The molecular weight excluding hydrogens is 193 g/mol. The van der Waals surface area contributed by atoms with Gasteiger partial charge in [0, 0.05) is 0 Å². The number of aryl methyl sites for hydroxylation is 1. The van der Waals surface area contributed by atoms with E-state index in [1.165, 1.54) is 6.07 Å². The van der Waals surface area contributed by atoms with Crippen molar-refractivity contribution in [2.75, 3.05) is 0 Å². The van der Waals surface area contributed by atoms with Crippen LogP contribution in [0.3, 0.4) is 0 Å². The molecule has 1 amide bonds. The first-order chi connectivity index (χ1) is 7.31. The van der Waals surface area contributed by atoms with Gasteiger partial charge in [-0.1, -0.05) is 12.5 Å². The summed E-state index contributed by atoms with van der Waals surface area (Å²) < 4.78 is 13.1. The van der Waals surface area contributed by atoms with Crippen LogP contribution in [0.2, 0.25) is 0 Å². The minimum Gasteiger partial charge on any atom is -0.352 e. The van der Waals surface area contributed by atoms with Crippen molar-refractivity contribution in [1.82, 2.24) is 5.32 Å². The number of amides is 1. The van der Waals surface area contributed by atoms with E-state index in [1.54, 1.807) is 6.07 Å². The topological polar surface area (TPSA) is 29.1 Å². The predicted octanol–water partition coefficient (Wildman–Crippen LogP) is 2.34. The third-order valence-corrected chi connectivity index (χ3v) is 2.94. The average molecular weight is 207 g/mol. The van der Waals surface area contributed by atoms with Gasteiger partial charge in [0.15, 0.2) is 0 Å². The van der Waals surface area contributed by atoms with Crippen LogP contribution in [0.4, 0.5) is 4.39 Å². The van der Waals surface area contributed by atoms with Gasteiger partial charge in [-0.3, -0.25) is 4.79 Å². The number of nitrogens with one attached hydrogen (secondary N) is 1. The normalized spacial score (nSPS) is 20.2. The summed E-state index contributed by atoms with van der Waals surface area (Å²) in [6.07, 6.45) is 4.75. The Hall–Kier alpha value is -1.38. The smallest absolute Gasteiger partial charge is 0.207 e. The Morgan fingerprint density at radius 3 is 3.07 bits per heavy atom. The lowest BCUT2D eigenvalue weighted by molar-refractivity contribution is -0.110. The average Bonchev–Trinajstić information content (AvgIpc) is 2.42. The van der Waals surface area contributed by atoms with Gasteiger partial charge in [-0.25, -0.2) is 4.39 Å². The molecule has 0 saturated heterocycles. The highest BCUT2D eigenvalue weighted by Gasteiger charge is 2.18. The van der Waals surface area contributed by atoms with Gasteiger partial charge in [-0.15, -0.1) is 0 Å². The third-order valence-electron chi connectivity index (χ3n) is 2.94. The molecule has 3 heteroatoms.